The van der Waals surface area contributed by atoms with E-state index in [4.69, 9.17) is 5.84 Å². The van der Waals surface area contributed by atoms with Crippen molar-refractivity contribution in [3.8, 4) is 0 Å². The van der Waals surface area contributed by atoms with E-state index < -0.39 is 0 Å². The quantitative estimate of drug-likeness (QED) is 0.392. The van der Waals surface area contributed by atoms with E-state index in [1.165, 1.54) is 0 Å². The second-order valence-electron chi connectivity index (χ2n) is 5.08. The summed E-state index contributed by atoms with van der Waals surface area (Å²) in [6.07, 6.45) is 0.476. The summed E-state index contributed by atoms with van der Waals surface area (Å²) in [6.45, 7) is 6.44. The van der Waals surface area contributed by atoms with Crippen LogP contribution in [-0.2, 0) is 4.79 Å². The van der Waals surface area contributed by atoms with Gasteiger partial charge in [0.05, 0.1) is 0 Å². The molecule has 5 heteroatoms. The van der Waals surface area contributed by atoms with Crippen molar-refractivity contribution in [1.82, 2.24) is 15.2 Å². The Balaban J connectivity index is 2.48. The first-order valence-corrected chi connectivity index (χ1v) is 5.85. The van der Waals surface area contributed by atoms with Gasteiger partial charge in [-0.3, -0.25) is 15.1 Å². The lowest BCUT2D eigenvalue weighted by atomic mass is 10.1. The lowest BCUT2D eigenvalue weighted by Gasteiger charge is -2.25. The zero-order valence-electron chi connectivity index (χ0n) is 10.7. The molecule has 0 aromatic carbocycles. The molecule has 3 unspecified atom stereocenters. The molecule has 94 valence electrons. The number of hydrogen-bond acceptors (Lipinski definition) is 4. The number of nitrogens with two attached hydrogens (primary N) is 1. The molecule has 0 spiro atoms. The van der Waals surface area contributed by atoms with Crippen LogP contribution in [0.5, 0.6) is 0 Å². The number of likely N-dealkylation sites (N-methyl/N-ethyl adjacent to an activating group) is 1. The molecular formula is C11H24N4O. The first-order valence-electron chi connectivity index (χ1n) is 5.85. The number of nitrogens with one attached hydrogen (secondary N) is 1. The average Bonchev–Trinajstić information content (AvgIpc) is 2.60. The third-order valence-corrected chi connectivity index (χ3v) is 3.53. The lowest BCUT2D eigenvalue weighted by molar-refractivity contribution is -0.122. The van der Waals surface area contributed by atoms with E-state index in [0.29, 0.717) is 18.4 Å². The molecule has 3 N–H and O–H groups in total. The Morgan fingerprint density at radius 3 is 2.62 bits per heavy atom. The highest BCUT2D eigenvalue weighted by Crippen LogP contribution is 2.22. The summed E-state index contributed by atoms with van der Waals surface area (Å²) in [4.78, 5) is 15.8. The largest absolute Gasteiger partial charge is 0.305 e. The third kappa shape index (κ3) is 3.17. The lowest BCUT2D eigenvalue weighted by Crippen LogP contribution is -2.40. The molecule has 0 aromatic heterocycles. The maximum absolute atomic E-state index is 11.2. The Morgan fingerprint density at radius 2 is 2.19 bits per heavy atom. The maximum Gasteiger partial charge on any atom is 0.235 e. The standard InChI is InChI=1S/C11H24N4O/c1-8-6-15(7-10(8)14(3)4)9(2)5-11(16)13-12/h8-10H,5-7,12H2,1-4H3,(H,13,16). The zero-order valence-corrected chi connectivity index (χ0v) is 10.7. The van der Waals surface area contributed by atoms with Crippen molar-refractivity contribution in [1.29, 1.82) is 0 Å². The van der Waals surface area contributed by atoms with Crippen LogP contribution < -0.4 is 11.3 Å². The van der Waals surface area contributed by atoms with E-state index in [2.05, 4.69) is 43.2 Å². The number of hydrogen-bond donors (Lipinski definition) is 2. The Bertz CT molecular complexity index is 244. The van der Waals surface area contributed by atoms with Gasteiger partial charge in [0.1, 0.15) is 0 Å². The molecule has 1 saturated heterocycles. The molecule has 0 saturated carbocycles. The normalized spacial score (nSPS) is 28.4. The number of hydrazine groups is 1. The fourth-order valence-corrected chi connectivity index (χ4v) is 2.47. The maximum atomic E-state index is 11.2. The highest BCUT2D eigenvalue weighted by molar-refractivity contribution is 5.75. The van der Waals surface area contributed by atoms with Crippen molar-refractivity contribution in [3.63, 3.8) is 0 Å². The van der Waals surface area contributed by atoms with E-state index in [-0.39, 0.29) is 11.9 Å². The number of amides is 1. The average molecular weight is 228 g/mol. The molecule has 1 amide bonds. The van der Waals surface area contributed by atoms with Crippen LogP contribution in [0.2, 0.25) is 0 Å². The molecule has 1 fully saturated rings. The van der Waals surface area contributed by atoms with Crippen molar-refractivity contribution < 1.29 is 4.79 Å². The molecule has 1 rings (SSSR count). The molecule has 0 radical (unpaired) electrons. The van der Waals surface area contributed by atoms with E-state index in [0.717, 1.165) is 13.1 Å². The van der Waals surface area contributed by atoms with E-state index in [1.807, 2.05) is 0 Å². The molecule has 0 bridgehead atoms. The molecule has 16 heavy (non-hydrogen) atoms. The molecule has 1 aliphatic rings. The second kappa shape index (κ2) is 5.61. The summed E-state index contributed by atoms with van der Waals surface area (Å²) < 4.78 is 0. The first-order chi connectivity index (χ1) is 7.45. The number of rotatable bonds is 4. The predicted molar refractivity (Wildman–Crippen MR) is 64.6 cm³/mol. The van der Waals surface area contributed by atoms with Crippen LogP contribution in [0.3, 0.4) is 0 Å². The number of likely N-dealkylation sites (tertiary alicyclic amines) is 1. The van der Waals surface area contributed by atoms with Gasteiger partial charge in [0.25, 0.3) is 0 Å². The monoisotopic (exact) mass is 228 g/mol. The number of carbonyl (C=O) groups excluding carboxylic acids is 1. The molecule has 1 aliphatic heterocycles. The van der Waals surface area contributed by atoms with Gasteiger partial charge in [-0.15, -0.1) is 0 Å². The van der Waals surface area contributed by atoms with Crippen molar-refractivity contribution in [2.24, 2.45) is 11.8 Å². The summed E-state index contributed by atoms with van der Waals surface area (Å²) in [5, 5.41) is 0. The van der Waals surface area contributed by atoms with Crippen molar-refractivity contribution in [2.45, 2.75) is 32.4 Å². The van der Waals surface area contributed by atoms with E-state index in [9.17, 15) is 4.79 Å². The molecule has 5 nitrogen and oxygen atoms in total. The van der Waals surface area contributed by atoms with Crippen LogP contribution >= 0.6 is 0 Å². The number of carbonyl (C=O) groups is 1. The molecule has 1 heterocycles. The summed E-state index contributed by atoms with van der Waals surface area (Å²) >= 11 is 0. The van der Waals surface area contributed by atoms with Crippen LogP contribution in [0.25, 0.3) is 0 Å². The highest BCUT2D eigenvalue weighted by Gasteiger charge is 2.33. The fraction of sp³-hybridized carbons (Fsp3) is 0.909. The van der Waals surface area contributed by atoms with Gasteiger partial charge >= 0.3 is 0 Å². The van der Waals surface area contributed by atoms with Crippen LogP contribution in [0.15, 0.2) is 0 Å². The first kappa shape index (κ1) is 13.4. The smallest absolute Gasteiger partial charge is 0.235 e. The summed E-state index contributed by atoms with van der Waals surface area (Å²) in [5.74, 6) is 5.66. The minimum atomic E-state index is -0.0894. The topological polar surface area (TPSA) is 61.6 Å². The third-order valence-electron chi connectivity index (χ3n) is 3.53. The van der Waals surface area contributed by atoms with E-state index >= 15 is 0 Å². The van der Waals surface area contributed by atoms with Gasteiger partial charge in [-0.05, 0) is 26.9 Å². The van der Waals surface area contributed by atoms with E-state index in [1.54, 1.807) is 0 Å². The van der Waals surface area contributed by atoms with Gasteiger partial charge in [0.15, 0.2) is 0 Å². The Kier molecular flexibility index (Phi) is 4.70. The van der Waals surface area contributed by atoms with Gasteiger partial charge in [-0.1, -0.05) is 6.92 Å². The second-order valence-corrected chi connectivity index (χ2v) is 5.08. The minimum absolute atomic E-state index is 0.0894. The Labute approximate surface area is 97.9 Å². The van der Waals surface area contributed by atoms with Crippen molar-refractivity contribution in [3.05, 3.63) is 0 Å². The molecule has 3 atom stereocenters. The summed E-state index contributed by atoms with van der Waals surface area (Å²) in [7, 11) is 4.23. The Hall–Kier alpha value is -0.650. The van der Waals surface area contributed by atoms with Crippen molar-refractivity contribution >= 4 is 5.91 Å². The van der Waals surface area contributed by atoms with Gasteiger partial charge in [0, 0.05) is 31.6 Å². The minimum Gasteiger partial charge on any atom is -0.305 e. The van der Waals surface area contributed by atoms with Crippen LogP contribution in [0.4, 0.5) is 0 Å². The molecule has 0 aliphatic carbocycles. The van der Waals surface area contributed by atoms with Crippen LogP contribution in [-0.4, -0.2) is 55.0 Å². The van der Waals surface area contributed by atoms with Crippen LogP contribution in [0, 0.1) is 5.92 Å². The molecular weight excluding hydrogens is 204 g/mol. The van der Waals surface area contributed by atoms with Crippen LogP contribution in [0.1, 0.15) is 20.3 Å². The zero-order chi connectivity index (χ0) is 12.3. The van der Waals surface area contributed by atoms with Gasteiger partial charge in [-0.25, -0.2) is 5.84 Å². The summed E-state index contributed by atoms with van der Waals surface area (Å²) in [5.41, 5.74) is 2.19. The van der Waals surface area contributed by atoms with Crippen molar-refractivity contribution in [2.75, 3.05) is 27.2 Å². The van der Waals surface area contributed by atoms with Gasteiger partial charge < -0.3 is 4.90 Å². The predicted octanol–water partition coefficient (Wildman–Crippen LogP) is -0.363. The SMILES string of the molecule is CC1CN(C(C)CC(=O)NN)CC1N(C)C. The van der Waals surface area contributed by atoms with Gasteiger partial charge in [-0.2, -0.15) is 0 Å². The number of nitrogens with zero attached hydrogens (tertiary/aromatic N) is 2. The Morgan fingerprint density at radius 1 is 1.56 bits per heavy atom. The highest BCUT2D eigenvalue weighted by atomic mass is 16.2. The molecule has 0 aromatic rings. The van der Waals surface area contributed by atoms with Gasteiger partial charge in [0.2, 0.25) is 5.91 Å². The fourth-order valence-electron chi connectivity index (χ4n) is 2.47. The summed E-state index contributed by atoms with van der Waals surface area (Å²) in [6, 6.07) is 0.847.